The van der Waals surface area contributed by atoms with Crippen molar-refractivity contribution >= 4 is 17.3 Å². The molecule has 0 aliphatic carbocycles. The van der Waals surface area contributed by atoms with Crippen LogP contribution in [-0.2, 0) is 4.79 Å². The van der Waals surface area contributed by atoms with Gasteiger partial charge in [-0.25, -0.2) is 0 Å². The summed E-state index contributed by atoms with van der Waals surface area (Å²) in [6.45, 7) is 3.28. The number of carbonyl (C=O) groups excluding carboxylic acids is 1. The number of methoxy groups -OCH3 is 1. The van der Waals surface area contributed by atoms with E-state index in [0.717, 1.165) is 13.0 Å². The van der Waals surface area contributed by atoms with Crippen LogP contribution < -0.4 is 15.8 Å². The molecule has 0 radical (unpaired) electrons. The zero-order chi connectivity index (χ0) is 15.4. The molecule has 2 unspecified atom stereocenters. The number of carbonyl (C=O) groups is 1. The minimum Gasteiger partial charge on any atom is -0.497 e. The van der Waals surface area contributed by atoms with Crippen molar-refractivity contribution in [1.82, 2.24) is 4.90 Å². The number of ether oxygens (including phenoxy) is 1. The Labute approximate surface area is 124 Å². The Morgan fingerprint density at radius 3 is 2.95 bits per heavy atom. The average molecular weight is 293 g/mol. The van der Waals surface area contributed by atoms with Crippen LogP contribution in [0.3, 0.4) is 0 Å². The van der Waals surface area contributed by atoms with Crippen molar-refractivity contribution in [3.05, 3.63) is 18.2 Å². The highest BCUT2D eigenvalue weighted by Gasteiger charge is 2.31. The number of nitrogen functional groups attached to an aromatic ring is 1. The quantitative estimate of drug-likeness (QED) is 0.703. The average Bonchev–Trinajstić information content (AvgIpc) is 2.81. The number of rotatable bonds is 5. The molecule has 2 rings (SSSR count). The van der Waals surface area contributed by atoms with Crippen LogP contribution in [0.1, 0.15) is 13.3 Å². The van der Waals surface area contributed by atoms with Gasteiger partial charge >= 0.3 is 0 Å². The first-order valence-corrected chi connectivity index (χ1v) is 7.13. The molecule has 2 atom stereocenters. The molecule has 1 aromatic rings. The van der Waals surface area contributed by atoms with Gasteiger partial charge in [-0.2, -0.15) is 0 Å². The third-order valence-corrected chi connectivity index (χ3v) is 4.06. The summed E-state index contributed by atoms with van der Waals surface area (Å²) < 4.78 is 5.07. The molecule has 6 heteroatoms. The van der Waals surface area contributed by atoms with Crippen molar-refractivity contribution in [3.63, 3.8) is 0 Å². The molecule has 0 bridgehead atoms. The van der Waals surface area contributed by atoms with E-state index in [2.05, 4.69) is 12.2 Å². The van der Waals surface area contributed by atoms with E-state index in [0.29, 0.717) is 23.0 Å². The fraction of sp³-hybridized carbons (Fsp3) is 0.533. The molecule has 1 heterocycles. The predicted octanol–water partition coefficient (Wildman–Crippen LogP) is 0.919. The maximum atomic E-state index is 12.1. The van der Waals surface area contributed by atoms with Crippen LogP contribution in [0.2, 0.25) is 0 Å². The fourth-order valence-electron chi connectivity index (χ4n) is 2.74. The summed E-state index contributed by atoms with van der Waals surface area (Å²) >= 11 is 0. The van der Waals surface area contributed by atoms with Gasteiger partial charge in [-0.05, 0) is 31.0 Å². The smallest absolute Gasteiger partial charge is 0.238 e. The van der Waals surface area contributed by atoms with Gasteiger partial charge in [0.15, 0.2) is 0 Å². The molecule has 1 amide bonds. The van der Waals surface area contributed by atoms with Gasteiger partial charge in [-0.3, -0.25) is 9.69 Å². The van der Waals surface area contributed by atoms with Crippen LogP contribution in [0, 0.1) is 5.92 Å². The molecule has 1 saturated heterocycles. The van der Waals surface area contributed by atoms with Crippen molar-refractivity contribution in [2.45, 2.75) is 19.4 Å². The standard InChI is InChI=1S/C15H23N3O3/c1-10-5-6-18(14(10)9-19)8-15(20)17-13-4-3-11(21-2)7-12(13)16/h3-4,7,10,14,19H,5-6,8-9,16H2,1-2H3,(H,17,20). The van der Waals surface area contributed by atoms with Crippen LogP contribution in [0.5, 0.6) is 5.75 Å². The number of amides is 1. The molecular formula is C15H23N3O3. The third kappa shape index (κ3) is 3.65. The monoisotopic (exact) mass is 293 g/mol. The molecule has 1 aliphatic rings. The van der Waals surface area contributed by atoms with Crippen molar-refractivity contribution in [3.8, 4) is 5.75 Å². The largest absolute Gasteiger partial charge is 0.497 e. The molecule has 6 nitrogen and oxygen atoms in total. The van der Waals surface area contributed by atoms with Crippen molar-refractivity contribution in [1.29, 1.82) is 0 Å². The number of hydrogen-bond acceptors (Lipinski definition) is 5. The Hall–Kier alpha value is -1.79. The second-order valence-electron chi connectivity index (χ2n) is 5.49. The second kappa shape index (κ2) is 6.78. The maximum Gasteiger partial charge on any atom is 0.238 e. The minimum absolute atomic E-state index is 0.0592. The fourth-order valence-corrected chi connectivity index (χ4v) is 2.74. The van der Waals surface area contributed by atoms with Gasteiger partial charge in [0, 0.05) is 12.1 Å². The first kappa shape index (κ1) is 15.6. The van der Waals surface area contributed by atoms with E-state index in [-0.39, 0.29) is 25.1 Å². The molecule has 21 heavy (non-hydrogen) atoms. The van der Waals surface area contributed by atoms with Crippen LogP contribution in [-0.4, -0.2) is 48.8 Å². The predicted molar refractivity (Wildman–Crippen MR) is 82.3 cm³/mol. The highest BCUT2D eigenvalue weighted by atomic mass is 16.5. The van der Waals surface area contributed by atoms with Crippen LogP contribution in [0.4, 0.5) is 11.4 Å². The first-order chi connectivity index (χ1) is 10.0. The summed E-state index contributed by atoms with van der Waals surface area (Å²) in [5, 5.41) is 12.2. The number of nitrogens with one attached hydrogen (secondary N) is 1. The Bertz CT molecular complexity index is 507. The van der Waals surface area contributed by atoms with E-state index < -0.39 is 0 Å². The van der Waals surface area contributed by atoms with Crippen molar-refractivity contribution in [2.24, 2.45) is 5.92 Å². The number of nitrogens with zero attached hydrogens (tertiary/aromatic N) is 1. The Morgan fingerprint density at radius 1 is 1.57 bits per heavy atom. The summed E-state index contributed by atoms with van der Waals surface area (Å²) in [4.78, 5) is 14.1. The van der Waals surface area contributed by atoms with E-state index in [9.17, 15) is 9.90 Å². The van der Waals surface area contributed by atoms with E-state index in [4.69, 9.17) is 10.5 Å². The highest BCUT2D eigenvalue weighted by molar-refractivity contribution is 5.95. The Balaban J connectivity index is 1.96. The lowest BCUT2D eigenvalue weighted by Gasteiger charge is -2.24. The van der Waals surface area contributed by atoms with Gasteiger partial charge in [-0.15, -0.1) is 0 Å². The lowest BCUT2D eigenvalue weighted by Crippen LogP contribution is -2.40. The summed E-state index contributed by atoms with van der Waals surface area (Å²) in [5.74, 6) is 0.937. The van der Waals surface area contributed by atoms with Crippen LogP contribution in [0.15, 0.2) is 18.2 Å². The number of nitrogens with two attached hydrogens (primary N) is 1. The molecular weight excluding hydrogens is 270 g/mol. The van der Waals surface area contributed by atoms with E-state index >= 15 is 0 Å². The van der Waals surface area contributed by atoms with Crippen LogP contribution in [0.25, 0.3) is 0 Å². The van der Waals surface area contributed by atoms with Crippen LogP contribution >= 0.6 is 0 Å². The summed E-state index contributed by atoms with van der Waals surface area (Å²) in [5.41, 5.74) is 6.93. The van der Waals surface area contributed by atoms with Crippen molar-refractivity contribution in [2.75, 3.05) is 37.9 Å². The molecule has 0 aromatic heterocycles. The topological polar surface area (TPSA) is 87.8 Å². The summed E-state index contributed by atoms with van der Waals surface area (Å²) in [6, 6.07) is 5.20. The zero-order valence-electron chi connectivity index (χ0n) is 12.5. The lowest BCUT2D eigenvalue weighted by molar-refractivity contribution is -0.117. The van der Waals surface area contributed by atoms with Gasteiger partial charge in [0.05, 0.1) is 31.6 Å². The first-order valence-electron chi connectivity index (χ1n) is 7.13. The van der Waals surface area contributed by atoms with E-state index in [1.165, 1.54) is 0 Å². The van der Waals surface area contributed by atoms with E-state index in [1.54, 1.807) is 25.3 Å². The molecule has 1 aromatic carbocycles. The number of hydrogen-bond donors (Lipinski definition) is 3. The number of aliphatic hydroxyl groups excluding tert-OH is 1. The molecule has 1 aliphatic heterocycles. The number of likely N-dealkylation sites (tertiary alicyclic amines) is 1. The Kier molecular flexibility index (Phi) is 5.03. The molecule has 0 saturated carbocycles. The SMILES string of the molecule is COc1ccc(NC(=O)CN2CCC(C)C2CO)c(N)c1. The molecule has 1 fully saturated rings. The second-order valence-corrected chi connectivity index (χ2v) is 5.49. The van der Waals surface area contributed by atoms with Gasteiger partial charge in [0.25, 0.3) is 0 Å². The highest BCUT2D eigenvalue weighted by Crippen LogP contribution is 2.25. The Morgan fingerprint density at radius 2 is 2.33 bits per heavy atom. The van der Waals surface area contributed by atoms with Crippen molar-refractivity contribution < 1.29 is 14.6 Å². The summed E-state index contributed by atoms with van der Waals surface area (Å²) in [7, 11) is 1.57. The van der Waals surface area contributed by atoms with Gasteiger partial charge in [-0.1, -0.05) is 6.92 Å². The normalized spacial score (nSPS) is 22.2. The molecule has 4 N–H and O–H groups in total. The number of anilines is 2. The molecule has 116 valence electrons. The maximum absolute atomic E-state index is 12.1. The van der Waals surface area contributed by atoms with Gasteiger partial charge in [0.1, 0.15) is 5.75 Å². The molecule has 0 spiro atoms. The van der Waals surface area contributed by atoms with Gasteiger partial charge < -0.3 is 20.9 Å². The third-order valence-electron chi connectivity index (χ3n) is 4.06. The number of benzene rings is 1. The zero-order valence-corrected chi connectivity index (χ0v) is 12.5. The summed E-state index contributed by atoms with van der Waals surface area (Å²) in [6.07, 6.45) is 1.00. The van der Waals surface area contributed by atoms with Gasteiger partial charge in [0.2, 0.25) is 5.91 Å². The lowest BCUT2D eigenvalue weighted by atomic mass is 10.0. The van der Waals surface area contributed by atoms with E-state index in [1.807, 2.05) is 4.90 Å². The number of aliphatic hydroxyl groups is 1. The minimum atomic E-state index is -0.126.